The molecule has 19 heteroatoms. The second-order valence-corrected chi connectivity index (χ2v) is 29.4. The van der Waals surface area contributed by atoms with Crippen molar-refractivity contribution >= 4 is 39.5 Å². The van der Waals surface area contributed by atoms with Gasteiger partial charge in [-0.25, -0.2) is 9.13 Å². The van der Waals surface area contributed by atoms with Gasteiger partial charge in [0.2, 0.25) is 0 Å². The van der Waals surface area contributed by atoms with Crippen LogP contribution in [-0.4, -0.2) is 96.7 Å². The molecule has 17 nitrogen and oxygen atoms in total. The van der Waals surface area contributed by atoms with Gasteiger partial charge in [0.15, 0.2) is 12.2 Å². The second kappa shape index (κ2) is 65.4. The lowest BCUT2D eigenvalue weighted by Crippen LogP contribution is -2.30. The maximum atomic E-state index is 13.0. The van der Waals surface area contributed by atoms with E-state index in [1.165, 1.54) is 193 Å². The third kappa shape index (κ3) is 66.5. The fourth-order valence-corrected chi connectivity index (χ4v) is 12.6. The molecular formula is C72H140O17P2. The summed E-state index contributed by atoms with van der Waals surface area (Å²) < 4.78 is 68.1. The molecule has 91 heavy (non-hydrogen) atoms. The molecule has 0 aromatic carbocycles. The zero-order valence-corrected chi connectivity index (χ0v) is 60.8. The molecule has 0 aliphatic carbocycles. The minimum absolute atomic E-state index is 0.106. The number of ether oxygens (including phenoxy) is 4. The predicted molar refractivity (Wildman–Crippen MR) is 368 cm³/mol. The fraction of sp³-hybridized carbons (Fsp3) is 0.944. The Morgan fingerprint density at radius 2 is 0.505 bits per heavy atom. The SMILES string of the molecule is CCCCCCCCCCCCCCCCCCCC(=O)OC[C@H](COP(=O)(O)OC[C@@H](O)COP(=O)(O)OC[C@@H](COC(=O)CCCCCCC)OC(=O)CCCCCCCCCCCCC)OC(=O)CCCCCCCCCCCCCCCCCC(C)C. The van der Waals surface area contributed by atoms with Gasteiger partial charge in [-0.3, -0.25) is 37.3 Å². The first kappa shape index (κ1) is 89.1. The Bertz CT molecular complexity index is 1750. The molecule has 2 unspecified atom stereocenters. The molecule has 0 spiro atoms. The van der Waals surface area contributed by atoms with Gasteiger partial charge in [0.25, 0.3) is 0 Å². The van der Waals surface area contributed by atoms with Gasteiger partial charge in [-0.2, -0.15) is 0 Å². The molecule has 540 valence electrons. The van der Waals surface area contributed by atoms with Crippen LogP contribution in [-0.2, 0) is 65.4 Å². The van der Waals surface area contributed by atoms with Crippen molar-refractivity contribution in [3.05, 3.63) is 0 Å². The van der Waals surface area contributed by atoms with Crippen LogP contribution in [0.5, 0.6) is 0 Å². The number of aliphatic hydroxyl groups is 1. The lowest BCUT2D eigenvalue weighted by atomic mass is 10.0. The standard InChI is InChI=1S/C72H140O17P2/c1-6-9-12-15-17-19-21-22-23-24-27-30-34-37-41-46-51-56-70(75)83-62-68(89-72(77)58-53-48-43-39-35-31-28-25-26-29-33-36-40-45-49-54-65(4)5)64-87-91(80,81)85-60-66(73)59-84-90(78,79)86-63-67(61-82-69(74)55-50-44-14-11-8-3)88-71(76)57-52-47-42-38-32-20-18-16-13-10-7-2/h65-68,73H,6-64H2,1-5H3,(H,78,79)(H,80,81)/t66-,67+,68+/m0/s1. The van der Waals surface area contributed by atoms with Gasteiger partial charge in [0.1, 0.15) is 19.3 Å². The largest absolute Gasteiger partial charge is 0.472 e. The quantitative estimate of drug-likeness (QED) is 0.0222. The Kier molecular flexibility index (Phi) is 64.0. The third-order valence-electron chi connectivity index (χ3n) is 16.8. The molecule has 3 N–H and O–H groups in total. The average molecular weight is 1340 g/mol. The number of unbranched alkanes of at least 4 members (excludes halogenated alkanes) is 44. The van der Waals surface area contributed by atoms with Crippen LogP contribution in [0.1, 0.15) is 375 Å². The minimum Gasteiger partial charge on any atom is -0.462 e. The van der Waals surface area contributed by atoms with Gasteiger partial charge >= 0.3 is 39.5 Å². The maximum absolute atomic E-state index is 13.0. The number of esters is 4. The number of phosphoric ester groups is 2. The molecule has 0 fully saturated rings. The molecular weight excluding hydrogens is 1200 g/mol. The number of rotatable bonds is 72. The Labute approximate surface area is 556 Å². The van der Waals surface area contributed by atoms with E-state index in [0.717, 1.165) is 102 Å². The van der Waals surface area contributed by atoms with Crippen LogP contribution < -0.4 is 0 Å². The summed E-state index contributed by atoms with van der Waals surface area (Å²) in [6.07, 6.45) is 53.1. The summed E-state index contributed by atoms with van der Waals surface area (Å²) in [7, 11) is -9.89. The van der Waals surface area contributed by atoms with Crippen molar-refractivity contribution in [1.29, 1.82) is 0 Å². The summed E-state index contributed by atoms with van der Waals surface area (Å²) in [5, 5.41) is 10.6. The van der Waals surface area contributed by atoms with Crippen LogP contribution in [0.15, 0.2) is 0 Å². The van der Waals surface area contributed by atoms with Crippen molar-refractivity contribution in [1.82, 2.24) is 0 Å². The van der Waals surface area contributed by atoms with Crippen LogP contribution in [0.25, 0.3) is 0 Å². The van der Waals surface area contributed by atoms with Gasteiger partial charge in [-0.05, 0) is 31.6 Å². The summed E-state index contributed by atoms with van der Waals surface area (Å²) in [4.78, 5) is 72.3. The molecule has 0 amide bonds. The van der Waals surface area contributed by atoms with Crippen molar-refractivity contribution in [2.24, 2.45) is 5.92 Å². The summed E-state index contributed by atoms with van der Waals surface area (Å²) in [5.41, 5.74) is 0. The van der Waals surface area contributed by atoms with Crippen LogP contribution in [0.4, 0.5) is 0 Å². The molecule has 0 rings (SSSR count). The molecule has 0 radical (unpaired) electrons. The predicted octanol–water partition coefficient (Wildman–Crippen LogP) is 20.9. The molecule has 5 atom stereocenters. The van der Waals surface area contributed by atoms with E-state index < -0.39 is 97.5 Å². The fourth-order valence-electron chi connectivity index (χ4n) is 11.0. The highest BCUT2D eigenvalue weighted by atomic mass is 31.2. The van der Waals surface area contributed by atoms with E-state index in [9.17, 15) is 43.2 Å². The van der Waals surface area contributed by atoms with Crippen molar-refractivity contribution in [2.75, 3.05) is 39.6 Å². The smallest absolute Gasteiger partial charge is 0.462 e. The number of phosphoric acid groups is 2. The van der Waals surface area contributed by atoms with Crippen molar-refractivity contribution in [2.45, 2.75) is 393 Å². The van der Waals surface area contributed by atoms with Crippen LogP contribution >= 0.6 is 15.6 Å². The van der Waals surface area contributed by atoms with E-state index >= 15 is 0 Å². The molecule has 0 heterocycles. The number of hydrogen-bond acceptors (Lipinski definition) is 15. The van der Waals surface area contributed by atoms with Crippen LogP contribution in [0.2, 0.25) is 0 Å². The van der Waals surface area contributed by atoms with Gasteiger partial charge < -0.3 is 33.8 Å². The maximum Gasteiger partial charge on any atom is 0.472 e. The molecule has 0 saturated carbocycles. The highest BCUT2D eigenvalue weighted by Gasteiger charge is 2.30. The average Bonchev–Trinajstić information content (AvgIpc) is 3.63. The highest BCUT2D eigenvalue weighted by Crippen LogP contribution is 2.45. The normalized spacial score (nSPS) is 14.0. The van der Waals surface area contributed by atoms with E-state index in [4.69, 9.17) is 37.0 Å². The van der Waals surface area contributed by atoms with Crippen molar-refractivity contribution in [3.8, 4) is 0 Å². The lowest BCUT2D eigenvalue weighted by molar-refractivity contribution is -0.161. The monoisotopic (exact) mass is 1340 g/mol. The molecule has 0 aromatic heterocycles. The Hall–Kier alpha value is -1.94. The van der Waals surface area contributed by atoms with E-state index in [0.29, 0.717) is 25.7 Å². The van der Waals surface area contributed by atoms with Crippen molar-refractivity contribution < 1.29 is 80.2 Å². The zero-order valence-electron chi connectivity index (χ0n) is 59.0. The van der Waals surface area contributed by atoms with E-state index in [1.54, 1.807) is 0 Å². The topological polar surface area (TPSA) is 237 Å². The van der Waals surface area contributed by atoms with E-state index in [1.807, 2.05) is 0 Å². The lowest BCUT2D eigenvalue weighted by Gasteiger charge is -2.21. The molecule has 0 aliphatic rings. The first-order valence-electron chi connectivity index (χ1n) is 37.6. The minimum atomic E-state index is -4.95. The number of aliphatic hydroxyl groups excluding tert-OH is 1. The van der Waals surface area contributed by atoms with E-state index in [-0.39, 0.29) is 25.7 Å². The number of carbonyl (C=O) groups is 4. The van der Waals surface area contributed by atoms with Crippen LogP contribution in [0.3, 0.4) is 0 Å². The van der Waals surface area contributed by atoms with Crippen LogP contribution in [0, 0.1) is 5.92 Å². The number of carbonyl (C=O) groups excluding carboxylic acids is 4. The van der Waals surface area contributed by atoms with Gasteiger partial charge in [0, 0.05) is 25.7 Å². The van der Waals surface area contributed by atoms with Gasteiger partial charge in [-0.1, -0.05) is 324 Å². The summed E-state index contributed by atoms with van der Waals surface area (Å²) in [6.45, 7) is 7.20. The third-order valence-corrected chi connectivity index (χ3v) is 18.7. The van der Waals surface area contributed by atoms with Gasteiger partial charge in [0.05, 0.1) is 26.4 Å². The Morgan fingerprint density at radius 1 is 0.297 bits per heavy atom. The molecule has 0 aromatic rings. The zero-order chi connectivity index (χ0) is 67.0. The second-order valence-electron chi connectivity index (χ2n) is 26.5. The summed E-state index contributed by atoms with van der Waals surface area (Å²) in [5.74, 6) is -1.33. The van der Waals surface area contributed by atoms with Crippen molar-refractivity contribution in [3.63, 3.8) is 0 Å². The van der Waals surface area contributed by atoms with E-state index in [2.05, 4.69) is 34.6 Å². The summed E-state index contributed by atoms with van der Waals surface area (Å²) >= 11 is 0. The first-order valence-corrected chi connectivity index (χ1v) is 40.6. The number of hydrogen-bond donors (Lipinski definition) is 3. The molecule has 0 aliphatic heterocycles. The Morgan fingerprint density at radius 3 is 0.747 bits per heavy atom. The Balaban J connectivity index is 5.14. The molecule has 0 bridgehead atoms. The molecule has 0 saturated heterocycles. The summed E-state index contributed by atoms with van der Waals surface area (Å²) in [6, 6.07) is 0. The van der Waals surface area contributed by atoms with Gasteiger partial charge in [-0.15, -0.1) is 0 Å². The first-order chi connectivity index (χ1) is 44.0. The highest BCUT2D eigenvalue weighted by molar-refractivity contribution is 7.47.